The first-order chi connectivity index (χ1) is 6.74. The maximum atomic E-state index is 8.57. The quantitative estimate of drug-likeness (QED) is 0.828. The number of aryl methyl sites for hydroxylation is 1. The van der Waals surface area contributed by atoms with Crippen LogP contribution in [-0.2, 0) is 7.05 Å². The molecule has 3 nitrogen and oxygen atoms in total. The molecule has 5 heteroatoms. The van der Waals surface area contributed by atoms with Crippen molar-refractivity contribution in [3.63, 3.8) is 0 Å². The topological polar surface area (TPSA) is 34.4 Å². The molecule has 1 aromatic carbocycles. The van der Waals surface area contributed by atoms with Gasteiger partial charge in [-0.1, -0.05) is 22.0 Å². The Balaban J connectivity index is 2.67. The van der Waals surface area contributed by atoms with Gasteiger partial charge in [-0.05, 0) is 12.1 Å². The molecule has 0 saturated heterocycles. The molecule has 2 aromatic rings. The Bertz CT molecular complexity index is 469. The minimum atomic E-state index is 0.606. The van der Waals surface area contributed by atoms with Gasteiger partial charge in [-0.15, -0.1) is 0 Å². The molecule has 0 aliphatic rings. The lowest BCUT2D eigenvalue weighted by atomic mass is 10.2. The molecule has 0 amide bonds. The predicted octanol–water partition coefficient (Wildman–Crippen LogP) is 1.85. The minimum absolute atomic E-state index is 0.606. The van der Waals surface area contributed by atoms with Crippen molar-refractivity contribution in [3.05, 3.63) is 28.7 Å². The fraction of sp³-hybridized carbons (Fsp3) is 0.111. The minimum Gasteiger partial charge on any atom is -0.525 e. The molecular weight excluding hydrogens is 245 g/mol. The fourth-order valence-corrected chi connectivity index (χ4v) is 1.94. The van der Waals surface area contributed by atoms with Crippen molar-refractivity contribution in [2.45, 2.75) is 0 Å². The SMILES string of the molecule is Cn1c(O[B]O)cc2c(Br)cccc21. The Kier molecular flexibility index (Phi) is 2.52. The summed E-state index contributed by atoms with van der Waals surface area (Å²) in [5.74, 6) is 0.606. The van der Waals surface area contributed by atoms with Gasteiger partial charge >= 0.3 is 7.69 Å². The Labute approximate surface area is 90.7 Å². The highest BCUT2D eigenvalue weighted by molar-refractivity contribution is 9.10. The monoisotopic (exact) mass is 252 g/mol. The summed E-state index contributed by atoms with van der Waals surface area (Å²) in [6.07, 6.45) is 0. The Morgan fingerprint density at radius 3 is 2.93 bits per heavy atom. The second kappa shape index (κ2) is 3.67. The molecule has 0 atom stereocenters. The number of rotatable bonds is 2. The zero-order valence-corrected chi connectivity index (χ0v) is 9.15. The van der Waals surface area contributed by atoms with Crippen molar-refractivity contribution >= 4 is 34.5 Å². The standard InChI is InChI=1S/C9H8BBrNO2/c1-12-8-4-2-3-7(11)6(8)5-9(12)14-10-13/h2-5,13H,1H3. The van der Waals surface area contributed by atoms with E-state index in [1.807, 2.05) is 35.9 Å². The number of benzene rings is 1. The van der Waals surface area contributed by atoms with E-state index < -0.39 is 0 Å². The van der Waals surface area contributed by atoms with E-state index in [4.69, 9.17) is 9.68 Å². The van der Waals surface area contributed by atoms with Gasteiger partial charge in [-0.3, -0.25) is 0 Å². The summed E-state index contributed by atoms with van der Waals surface area (Å²) < 4.78 is 7.83. The fourth-order valence-electron chi connectivity index (χ4n) is 1.47. The van der Waals surface area contributed by atoms with E-state index in [-0.39, 0.29) is 0 Å². The maximum Gasteiger partial charge on any atom is 0.570 e. The molecule has 2 rings (SSSR count). The Hall–Kier alpha value is -0.935. The van der Waals surface area contributed by atoms with Crippen LogP contribution in [0.5, 0.6) is 5.88 Å². The lowest BCUT2D eigenvalue weighted by molar-refractivity contribution is 0.433. The van der Waals surface area contributed by atoms with Crippen LogP contribution in [0, 0.1) is 0 Å². The van der Waals surface area contributed by atoms with Crippen LogP contribution in [0.4, 0.5) is 0 Å². The first-order valence-corrected chi connectivity index (χ1v) is 4.90. The molecule has 1 heterocycles. The van der Waals surface area contributed by atoms with Crippen LogP contribution in [-0.4, -0.2) is 17.3 Å². The number of hydrogen-bond donors (Lipinski definition) is 1. The third-order valence-corrected chi connectivity index (χ3v) is 2.85. The Morgan fingerprint density at radius 2 is 2.29 bits per heavy atom. The van der Waals surface area contributed by atoms with Crippen LogP contribution in [0.25, 0.3) is 10.9 Å². The van der Waals surface area contributed by atoms with E-state index in [0.29, 0.717) is 13.6 Å². The third kappa shape index (κ3) is 1.42. The molecule has 1 aromatic heterocycles. The van der Waals surface area contributed by atoms with E-state index in [1.54, 1.807) is 0 Å². The summed E-state index contributed by atoms with van der Waals surface area (Å²) in [4.78, 5) is 0. The number of fused-ring (bicyclic) bond motifs is 1. The van der Waals surface area contributed by atoms with E-state index in [9.17, 15) is 0 Å². The largest absolute Gasteiger partial charge is 0.570 e. The number of aromatic nitrogens is 1. The van der Waals surface area contributed by atoms with E-state index in [2.05, 4.69) is 15.9 Å². The molecular formula is C9H8BBrNO2. The molecule has 0 bridgehead atoms. The van der Waals surface area contributed by atoms with Gasteiger partial charge in [-0.25, -0.2) is 0 Å². The van der Waals surface area contributed by atoms with Crippen LogP contribution in [0.2, 0.25) is 0 Å². The van der Waals surface area contributed by atoms with Gasteiger partial charge in [0.2, 0.25) is 0 Å². The van der Waals surface area contributed by atoms with Crippen molar-refractivity contribution in [1.29, 1.82) is 0 Å². The average Bonchev–Trinajstić information content (AvgIpc) is 2.48. The molecule has 0 aliphatic carbocycles. The van der Waals surface area contributed by atoms with Gasteiger partial charge < -0.3 is 14.2 Å². The van der Waals surface area contributed by atoms with Crippen LogP contribution in [0.3, 0.4) is 0 Å². The summed E-state index contributed by atoms with van der Waals surface area (Å²) in [7, 11) is 2.57. The van der Waals surface area contributed by atoms with E-state index in [1.165, 1.54) is 0 Å². The Morgan fingerprint density at radius 1 is 1.50 bits per heavy atom. The highest BCUT2D eigenvalue weighted by Crippen LogP contribution is 2.29. The molecule has 14 heavy (non-hydrogen) atoms. The number of nitrogens with zero attached hydrogens (tertiary/aromatic N) is 1. The van der Waals surface area contributed by atoms with Gasteiger partial charge in [0.15, 0.2) is 5.88 Å². The normalized spacial score (nSPS) is 10.5. The molecule has 0 fully saturated rings. The van der Waals surface area contributed by atoms with Crippen LogP contribution in [0.15, 0.2) is 28.7 Å². The zero-order chi connectivity index (χ0) is 10.1. The molecule has 0 unspecified atom stereocenters. The highest BCUT2D eigenvalue weighted by atomic mass is 79.9. The van der Waals surface area contributed by atoms with Crippen molar-refractivity contribution in [3.8, 4) is 5.88 Å². The van der Waals surface area contributed by atoms with Gasteiger partial charge in [0.1, 0.15) is 0 Å². The molecule has 0 spiro atoms. The molecule has 0 aliphatic heterocycles. The zero-order valence-electron chi connectivity index (χ0n) is 7.57. The molecule has 1 radical (unpaired) electrons. The van der Waals surface area contributed by atoms with Crippen molar-refractivity contribution in [2.24, 2.45) is 7.05 Å². The summed E-state index contributed by atoms with van der Waals surface area (Å²) in [6, 6.07) is 7.78. The second-order valence-corrected chi connectivity index (χ2v) is 3.79. The second-order valence-electron chi connectivity index (χ2n) is 2.94. The predicted molar refractivity (Wildman–Crippen MR) is 59.2 cm³/mol. The third-order valence-electron chi connectivity index (χ3n) is 2.16. The van der Waals surface area contributed by atoms with Crippen LogP contribution >= 0.6 is 15.9 Å². The summed E-state index contributed by atoms with van der Waals surface area (Å²) >= 11 is 3.45. The first kappa shape index (κ1) is 9.61. The summed E-state index contributed by atoms with van der Waals surface area (Å²) in [5, 5.41) is 9.63. The number of halogens is 1. The van der Waals surface area contributed by atoms with E-state index in [0.717, 1.165) is 15.4 Å². The molecule has 0 saturated carbocycles. The van der Waals surface area contributed by atoms with Crippen molar-refractivity contribution < 1.29 is 9.68 Å². The van der Waals surface area contributed by atoms with Gasteiger partial charge in [0.05, 0.1) is 5.52 Å². The summed E-state index contributed by atoms with van der Waals surface area (Å²) in [5.41, 5.74) is 1.05. The summed E-state index contributed by atoms with van der Waals surface area (Å²) in [6.45, 7) is 0. The lowest BCUT2D eigenvalue weighted by Gasteiger charge is -2.02. The van der Waals surface area contributed by atoms with Crippen molar-refractivity contribution in [2.75, 3.05) is 0 Å². The van der Waals surface area contributed by atoms with E-state index >= 15 is 0 Å². The molecule has 71 valence electrons. The number of hydrogen-bond acceptors (Lipinski definition) is 2. The maximum absolute atomic E-state index is 8.57. The van der Waals surface area contributed by atoms with Gasteiger partial charge in [0.25, 0.3) is 0 Å². The average molecular weight is 253 g/mol. The smallest absolute Gasteiger partial charge is 0.525 e. The van der Waals surface area contributed by atoms with Gasteiger partial charge in [-0.2, -0.15) is 0 Å². The molecule has 1 N–H and O–H groups in total. The highest BCUT2D eigenvalue weighted by Gasteiger charge is 2.08. The van der Waals surface area contributed by atoms with Crippen LogP contribution in [0.1, 0.15) is 0 Å². The van der Waals surface area contributed by atoms with Crippen molar-refractivity contribution in [1.82, 2.24) is 4.57 Å². The van der Waals surface area contributed by atoms with Crippen LogP contribution < -0.4 is 4.65 Å². The van der Waals surface area contributed by atoms with Gasteiger partial charge in [0, 0.05) is 23.0 Å². The first-order valence-electron chi connectivity index (χ1n) is 4.10. The lowest BCUT2D eigenvalue weighted by Crippen LogP contribution is -2.03.